The molecule has 1 amide bonds. The fourth-order valence-corrected chi connectivity index (χ4v) is 4.25. The first kappa shape index (κ1) is 25.6. The van der Waals surface area contributed by atoms with E-state index in [1.807, 2.05) is 47.4 Å². The third kappa shape index (κ3) is 6.57. The summed E-state index contributed by atoms with van der Waals surface area (Å²) in [7, 11) is 1.53. The van der Waals surface area contributed by atoms with Gasteiger partial charge in [-0.1, -0.05) is 36.4 Å². The minimum atomic E-state index is -4.39. The van der Waals surface area contributed by atoms with Crippen molar-refractivity contribution in [1.29, 1.82) is 0 Å². The van der Waals surface area contributed by atoms with E-state index in [1.165, 1.54) is 13.2 Å². The summed E-state index contributed by atoms with van der Waals surface area (Å²) in [6.45, 7) is 2.04. The van der Waals surface area contributed by atoms with E-state index in [0.717, 1.165) is 30.5 Å². The summed E-state index contributed by atoms with van der Waals surface area (Å²) in [4.78, 5) is 14.5. The number of amides is 1. The van der Waals surface area contributed by atoms with Gasteiger partial charge in [-0.05, 0) is 60.4 Å². The van der Waals surface area contributed by atoms with E-state index < -0.39 is 11.7 Å². The number of nitrogens with zero attached hydrogens (tertiary/aromatic N) is 1. The zero-order chi connectivity index (χ0) is 25.5. The molecule has 4 rings (SSSR count). The molecule has 0 aliphatic carbocycles. The van der Waals surface area contributed by atoms with Crippen molar-refractivity contribution in [2.45, 2.75) is 38.2 Å². The van der Waals surface area contributed by atoms with E-state index in [1.54, 1.807) is 12.1 Å². The minimum absolute atomic E-state index is 0.00183. The molecular formula is C28H29F3N2O3. The quantitative estimate of drug-likeness (QED) is 0.434. The minimum Gasteiger partial charge on any atom is -0.493 e. The van der Waals surface area contributed by atoms with Crippen molar-refractivity contribution >= 4 is 5.91 Å². The monoisotopic (exact) mass is 498 g/mol. The van der Waals surface area contributed by atoms with Crippen LogP contribution in [0.5, 0.6) is 11.5 Å². The summed E-state index contributed by atoms with van der Waals surface area (Å²) in [6, 6.07) is 20.3. The van der Waals surface area contributed by atoms with Gasteiger partial charge in [0.05, 0.1) is 12.7 Å². The molecule has 1 aliphatic rings. The van der Waals surface area contributed by atoms with Crippen molar-refractivity contribution in [2.24, 2.45) is 0 Å². The van der Waals surface area contributed by atoms with Gasteiger partial charge in [-0.2, -0.15) is 13.2 Å². The molecule has 8 heteroatoms. The van der Waals surface area contributed by atoms with Gasteiger partial charge in [0.25, 0.3) is 5.91 Å². The summed E-state index contributed by atoms with van der Waals surface area (Å²) in [6.07, 6.45) is -2.65. The van der Waals surface area contributed by atoms with E-state index in [9.17, 15) is 18.0 Å². The van der Waals surface area contributed by atoms with E-state index >= 15 is 0 Å². The molecule has 1 heterocycles. The van der Waals surface area contributed by atoms with Crippen LogP contribution in [0.3, 0.4) is 0 Å². The Morgan fingerprint density at radius 1 is 0.944 bits per heavy atom. The van der Waals surface area contributed by atoms with Crippen LogP contribution in [0.4, 0.5) is 13.2 Å². The van der Waals surface area contributed by atoms with Gasteiger partial charge in [-0.3, -0.25) is 4.79 Å². The van der Waals surface area contributed by atoms with Crippen LogP contribution >= 0.6 is 0 Å². The molecule has 3 aromatic rings. The van der Waals surface area contributed by atoms with Crippen LogP contribution in [0.25, 0.3) is 0 Å². The molecule has 0 bridgehead atoms. The number of benzene rings is 3. The number of hydrogen-bond acceptors (Lipinski definition) is 4. The maximum Gasteiger partial charge on any atom is 0.416 e. The fourth-order valence-electron chi connectivity index (χ4n) is 4.25. The molecule has 1 saturated heterocycles. The number of carbonyl (C=O) groups excluding carboxylic acids is 1. The van der Waals surface area contributed by atoms with Gasteiger partial charge in [-0.15, -0.1) is 0 Å². The number of hydrogen-bond donors (Lipinski definition) is 1. The molecule has 36 heavy (non-hydrogen) atoms. The standard InChI is InChI=1S/C28H29F3N2O3/c1-35-26-17-20(10-11-25(26)36-19-21-6-5-9-23(16-21)28(29,30)31)18-32-24-12-14-33(15-13-24)27(34)22-7-3-2-4-8-22/h2-11,16-17,24,32H,12-15,18-19H2,1H3. The Kier molecular flexibility index (Phi) is 8.15. The van der Waals surface area contributed by atoms with Gasteiger partial charge in [-0.25, -0.2) is 0 Å². The summed E-state index contributed by atoms with van der Waals surface area (Å²) in [5.41, 5.74) is 1.44. The maximum absolute atomic E-state index is 12.9. The fraction of sp³-hybridized carbons (Fsp3) is 0.321. The van der Waals surface area contributed by atoms with Gasteiger partial charge in [0.2, 0.25) is 0 Å². The van der Waals surface area contributed by atoms with Crippen LogP contribution in [0.1, 0.15) is 39.9 Å². The summed E-state index contributed by atoms with van der Waals surface area (Å²) in [5, 5.41) is 3.55. The average Bonchev–Trinajstić information content (AvgIpc) is 2.91. The van der Waals surface area contributed by atoms with Crippen LogP contribution in [-0.4, -0.2) is 37.0 Å². The van der Waals surface area contributed by atoms with Gasteiger partial charge >= 0.3 is 6.18 Å². The summed E-state index contributed by atoms with van der Waals surface area (Å²) in [5.74, 6) is 1.05. The second-order valence-electron chi connectivity index (χ2n) is 8.79. The molecule has 5 nitrogen and oxygen atoms in total. The molecule has 1 fully saturated rings. The molecule has 1 N–H and O–H groups in total. The van der Waals surface area contributed by atoms with Crippen LogP contribution in [-0.2, 0) is 19.3 Å². The molecule has 0 unspecified atom stereocenters. The highest BCUT2D eigenvalue weighted by atomic mass is 19.4. The van der Waals surface area contributed by atoms with E-state index in [0.29, 0.717) is 48.3 Å². The van der Waals surface area contributed by atoms with Gasteiger partial charge < -0.3 is 19.7 Å². The van der Waals surface area contributed by atoms with Gasteiger partial charge in [0, 0.05) is 31.2 Å². The molecule has 3 aromatic carbocycles. The van der Waals surface area contributed by atoms with Crippen molar-refractivity contribution in [1.82, 2.24) is 10.2 Å². The van der Waals surface area contributed by atoms with Crippen molar-refractivity contribution < 1.29 is 27.4 Å². The van der Waals surface area contributed by atoms with Crippen LogP contribution in [0, 0.1) is 0 Å². The molecule has 0 aromatic heterocycles. The Morgan fingerprint density at radius 2 is 1.69 bits per heavy atom. The summed E-state index contributed by atoms with van der Waals surface area (Å²) < 4.78 is 50.0. The number of carbonyl (C=O) groups is 1. The van der Waals surface area contributed by atoms with Crippen LogP contribution < -0.4 is 14.8 Å². The van der Waals surface area contributed by atoms with Crippen molar-refractivity contribution in [3.05, 3.63) is 95.1 Å². The Balaban J connectivity index is 1.28. The Morgan fingerprint density at radius 3 is 2.39 bits per heavy atom. The number of likely N-dealkylation sites (tertiary alicyclic amines) is 1. The number of rotatable bonds is 8. The molecule has 1 aliphatic heterocycles. The first-order valence-electron chi connectivity index (χ1n) is 11.9. The maximum atomic E-state index is 12.9. The van der Waals surface area contributed by atoms with Crippen LogP contribution in [0.2, 0.25) is 0 Å². The molecule has 0 atom stereocenters. The van der Waals surface area contributed by atoms with E-state index in [4.69, 9.17) is 9.47 Å². The Hall–Kier alpha value is -3.52. The van der Waals surface area contributed by atoms with Crippen LogP contribution in [0.15, 0.2) is 72.8 Å². The van der Waals surface area contributed by atoms with E-state index in [2.05, 4.69) is 5.32 Å². The third-order valence-electron chi connectivity index (χ3n) is 6.27. The SMILES string of the molecule is COc1cc(CNC2CCN(C(=O)c3ccccc3)CC2)ccc1OCc1cccc(C(F)(F)F)c1. The van der Waals surface area contributed by atoms with Crippen molar-refractivity contribution in [2.75, 3.05) is 20.2 Å². The zero-order valence-electron chi connectivity index (χ0n) is 20.1. The third-order valence-corrected chi connectivity index (χ3v) is 6.27. The number of ether oxygens (including phenoxy) is 2. The lowest BCUT2D eigenvalue weighted by atomic mass is 10.0. The highest BCUT2D eigenvalue weighted by Gasteiger charge is 2.30. The number of piperidine rings is 1. The Labute approximate surface area is 208 Å². The number of halogens is 3. The molecule has 0 spiro atoms. The molecule has 0 saturated carbocycles. The summed E-state index contributed by atoms with van der Waals surface area (Å²) >= 11 is 0. The number of nitrogens with one attached hydrogen (secondary N) is 1. The zero-order valence-corrected chi connectivity index (χ0v) is 20.1. The lowest BCUT2D eigenvalue weighted by Gasteiger charge is -2.32. The van der Waals surface area contributed by atoms with Gasteiger partial charge in [0.15, 0.2) is 11.5 Å². The highest BCUT2D eigenvalue weighted by Crippen LogP contribution is 2.31. The number of methoxy groups -OCH3 is 1. The second-order valence-corrected chi connectivity index (χ2v) is 8.79. The molecule has 190 valence electrons. The lowest BCUT2D eigenvalue weighted by Crippen LogP contribution is -2.44. The van der Waals surface area contributed by atoms with Crippen molar-refractivity contribution in [3.8, 4) is 11.5 Å². The second kappa shape index (κ2) is 11.5. The Bertz CT molecular complexity index is 1160. The highest BCUT2D eigenvalue weighted by molar-refractivity contribution is 5.94. The lowest BCUT2D eigenvalue weighted by molar-refractivity contribution is -0.137. The predicted molar refractivity (Wildman–Crippen MR) is 131 cm³/mol. The first-order valence-corrected chi connectivity index (χ1v) is 11.9. The number of alkyl halides is 3. The molecular weight excluding hydrogens is 469 g/mol. The van der Waals surface area contributed by atoms with Gasteiger partial charge in [0.1, 0.15) is 6.61 Å². The predicted octanol–water partition coefficient (Wildman–Crippen LogP) is 5.69. The topological polar surface area (TPSA) is 50.8 Å². The average molecular weight is 499 g/mol. The first-order chi connectivity index (χ1) is 17.3. The van der Waals surface area contributed by atoms with E-state index in [-0.39, 0.29) is 12.5 Å². The largest absolute Gasteiger partial charge is 0.493 e. The molecule has 0 radical (unpaired) electrons. The van der Waals surface area contributed by atoms with Crippen molar-refractivity contribution in [3.63, 3.8) is 0 Å². The normalized spacial score (nSPS) is 14.5. The smallest absolute Gasteiger partial charge is 0.416 e.